The monoisotopic (exact) mass is 421 g/mol. The van der Waals surface area contributed by atoms with Gasteiger partial charge in [-0.15, -0.1) is 0 Å². The Bertz CT molecular complexity index is 1090. The second-order valence-electron chi connectivity index (χ2n) is 7.77. The number of aromatic hydroxyl groups is 1. The minimum absolute atomic E-state index is 0.0726. The summed E-state index contributed by atoms with van der Waals surface area (Å²) in [5.74, 6) is 0.204. The van der Waals surface area contributed by atoms with Crippen molar-refractivity contribution in [3.05, 3.63) is 65.3 Å². The fourth-order valence-corrected chi connectivity index (χ4v) is 4.05. The van der Waals surface area contributed by atoms with E-state index in [1.807, 2.05) is 43.3 Å². The topological polar surface area (TPSA) is 83.6 Å². The maximum absolute atomic E-state index is 12.7. The van der Waals surface area contributed by atoms with Gasteiger partial charge in [0.25, 0.3) is 0 Å². The molecule has 31 heavy (non-hydrogen) atoms. The third-order valence-corrected chi connectivity index (χ3v) is 5.83. The molecule has 0 saturated carbocycles. The molecule has 3 aromatic rings. The van der Waals surface area contributed by atoms with Crippen molar-refractivity contribution in [2.75, 3.05) is 36.0 Å². The first-order valence-electron chi connectivity index (χ1n) is 10.5. The van der Waals surface area contributed by atoms with Gasteiger partial charge in [-0.3, -0.25) is 4.79 Å². The van der Waals surface area contributed by atoms with Crippen LogP contribution in [-0.2, 0) is 4.79 Å². The number of phenolic OH excluding ortho intramolecular Hbond substituents is 1. The summed E-state index contributed by atoms with van der Waals surface area (Å²) >= 11 is 0. The summed E-state index contributed by atoms with van der Waals surface area (Å²) in [6, 6.07) is 14.6. The van der Waals surface area contributed by atoms with Crippen LogP contribution in [0.1, 0.15) is 26.3 Å². The number of carbonyl (C=O) groups is 1. The molecule has 1 unspecified atom stereocenters. The van der Waals surface area contributed by atoms with Crippen LogP contribution in [0, 0.1) is 0 Å². The average molecular weight is 422 g/mol. The Morgan fingerprint density at radius 3 is 1.90 bits per heavy atom. The van der Waals surface area contributed by atoms with Gasteiger partial charge in [-0.25, -0.2) is 14.0 Å². The van der Waals surface area contributed by atoms with Crippen LogP contribution in [0.15, 0.2) is 59.7 Å². The first kappa shape index (κ1) is 20.7. The molecule has 0 bridgehead atoms. The van der Waals surface area contributed by atoms with Gasteiger partial charge in [0.15, 0.2) is 5.78 Å². The molecule has 1 saturated heterocycles. The maximum Gasteiger partial charge on any atom is 0.351 e. The van der Waals surface area contributed by atoms with Crippen molar-refractivity contribution in [3.8, 4) is 11.4 Å². The molecule has 0 amide bonds. The van der Waals surface area contributed by atoms with Crippen LogP contribution in [-0.4, -0.2) is 51.4 Å². The summed E-state index contributed by atoms with van der Waals surface area (Å²) < 4.78 is 2.73. The molecule has 2 heterocycles. The maximum atomic E-state index is 12.7. The van der Waals surface area contributed by atoms with Crippen LogP contribution in [0.25, 0.3) is 5.69 Å². The molecule has 0 aliphatic carbocycles. The Morgan fingerprint density at radius 2 is 1.42 bits per heavy atom. The van der Waals surface area contributed by atoms with Gasteiger partial charge in [-0.2, -0.15) is 5.10 Å². The summed E-state index contributed by atoms with van der Waals surface area (Å²) in [4.78, 5) is 29.1. The van der Waals surface area contributed by atoms with Gasteiger partial charge in [0, 0.05) is 37.6 Å². The molecule has 0 spiro atoms. The van der Waals surface area contributed by atoms with Crippen molar-refractivity contribution in [1.29, 1.82) is 0 Å². The quantitative estimate of drug-likeness (QED) is 0.659. The van der Waals surface area contributed by atoms with Gasteiger partial charge in [0.05, 0.1) is 5.69 Å². The van der Waals surface area contributed by atoms with E-state index >= 15 is 0 Å². The zero-order valence-electron chi connectivity index (χ0n) is 17.8. The van der Waals surface area contributed by atoms with E-state index in [-0.39, 0.29) is 17.2 Å². The molecular formula is C23H27N5O3. The number of nitrogens with zero attached hydrogens (tertiary/aromatic N) is 5. The Hall–Kier alpha value is -3.55. The highest BCUT2D eigenvalue weighted by Crippen LogP contribution is 2.23. The lowest BCUT2D eigenvalue weighted by Gasteiger charge is -2.37. The van der Waals surface area contributed by atoms with Crippen molar-refractivity contribution in [2.24, 2.45) is 0 Å². The fraction of sp³-hybridized carbons (Fsp3) is 0.348. The Labute approximate surface area is 180 Å². The number of phenols is 1. The van der Waals surface area contributed by atoms with Crippen LogP contribution < -0.4 is 15.5 Å². The zero-order chi connectivity index (χ0) is 22.0. The molecule has 4 rings (SSSR count). The number of aromatic nitrogens is 3. The standard InChI is InChI=1S/C23H27N5O3/c1-3-22(17(2)29)28-23(31)27(16-24-28)20-6-4-18(5-7-20)25-12-14-26(15-13-25)19-8-10-21(30)11-9-19/h4-11,16,22,30H,3,12-15H2,1-2H3. The summed E-state index contributed by atoms with van der Waals surface area (Å²) in [5.41, 5.74) is 2.63. The molecule has 1 aliphatic rings. The lowest BCUT2D eigenvalue weighted by Crippen LogP contribution is -2.46. The smallest absolute Gasteiger partial charge is 0.351 e. The number of hydrogen-bond acceptors (Lipinski definition) is 6. The molecule has 1 fully saturated rings. The van der Waals surface area contributed by atoms with Crippen molar-refractivity contribution < 1.29 is 9.90 Å². The molecule has 8 heteroatoms. The molecule has 1 N–H and O–H groups in total. The van der Waals surface area contributed by atoms with Crippen LogP contribution in [0.5, 0.6) is 5.75 Å². The lowest BCUT2D eigenvalue weighted by molar-refractivity contribution is -0.120. The summed E-state index contributed by atoms with van der Waals surface area (Å²) in [5, 5.41) is 13.6. The highest BCUT2D eigenvalue weighted by Gasteiger charge is 2.20. The van der Waals surface area contributed by atoms with Gasteiger partial charge < -0.3 is 14.9 Å². The highest BCUT2D eigenvalue weighted by atomic mass is 16.3. The first-order valence-corrected chi connectivity index (χ1v) is 10.5. The molecule has 162 valence electrons. The van der Waals surface area contributed by atoms with E-state index in [1.165, 1.54) is 22.5 Å². The minimum Gasteiger partial charge on any atom is -0.508 e. The Kier molecular flexibility index (Phi) is 5.79. The number of piperazine rings is 1. The van der Waals surface area contributed by atoms with E-state index in [9.17, 15) is 14.7 Å². The second kappa shape index (κ2) is 8.67. The molecule has 8 nitrogen and oxygen atoms in total. The molecule has 2 aromatic carbocycles. The highest BCUT2D eigenvalue weighted by molar-refractivity contribution is 5.79. The van der Waals surface area contributed by atoms with Gasteiger partial charge in [-0.1, -0.05) is 6.92 Å². The van der Waals surface area contributed by atoms with Crippen LogP contribution in [0.3, 0.4) is 0 Å². The van der Waals surface area contributed by atoms with Gasteiger partial charge in [-0.05, 0) is 61.9 Å². The Balaban J connectivity index is 1.45. The Morgan fingerprint density at radius 1 is 0.935 bits per heavy atom. The first-order chi connectivity index (χ1) is 15.0. The van der Waals surface area contributed by atoms with Crippen LogP contribution in [0.4, 0.5) is 11.4 Å². The minimum atomic E-state index is -0.530. The molecular weight excluding hydrogens is 394 g/mol. The van der Waals surface area contributed by atoms with Crippen LogP contribution in [0.2, 0.25) is 0 Å². The van der Waals surface area contributed by atoms with Crippen molar-refractivity contribution in [3.63, 3.8) is 0 Å². The molecule has 1 aromatic heterocycles. The van der Waals surface area contributed by atoms with E-state index in [4.69, 9.17) is 0 Å². The number of benzene rings is 2. The summed E-state index contributed by atoms with van der Waals surface area (Å²) in [6.07, 6.45) is 2.00. The number of Topliss-reactive ketones (excluding diaryl/α,β-unsaturated/α-hetero) is 1. The predicted octanol–water partition coefficient (Wildman–Crippen LogP) is 2.61. The van der Waals surface area contributed by atoms with Gasteiger partial charge >= 0.3 is 5.69 Å². The van der Waals surface area contributed by atoms with Crippen molar-refractivity contribution in [1.82, 2.24) is 14.3 Å². The third kappa shape index (κ3) is 4.19. The van der Waals surface area contributed by atoms with Crippen molar-refractivity contribution in [2.45, 2.75) is 26.3 Å². The normalized spacial score (nSPS) is 15.2. The van der Waals surface area contributed by atoms with Gasteiger partial charge in [0.2, 0.25) is 0 Å². The number of carbonyl (C=O) groups excluding carboxylic acids is 1. The van der Waals surface area contributed by atoms with E-state index < -0.39 is 6.04 Å². The average Bonchev–Trinajstić information content (AvgIpc) is 3.16. The van der Waals surface area contributed by atoms with Gasteiger partial charge in [0.1, 0.15) is 18.1 Å². The second-order valence-corrected chi connectivity index (χ2v) is 7.77. The third-order valence-electron chi connectivity index (χ3n) is 5.83. The SMILES string of the molecule is CCC(C(C)=O)n1ncn(-c2ccc(N3CCN(c4ccc(O)cc4)CC3)cc2)c1=O. The largest absolute Gasteiger partial charge is 0.508 e. The molecule has 1 aliphatic heterocycles. The number of hydrogen-bond donors (Lipinski definition) is 1. The zero-order valence-corrected chi connectivity index (χ0v) is 17.8. The summed E-state index contributed by atoms with van der Waals surface area (Å²) in [6.45, 7) is 6.90. The van der Waals surface area contributed by atoms with E-state index in [2.05, 4.69) is 14.9 Å². The van der Waals surface area contributed by atoms with Crippen LogP contribution >= 0.6 is 0 Å². The molecule has 0 radical (unpaired) electrons. The number of ketones is 1. The predicted molar refractivity (Wildman–Crippen MR) is 120 cm³/mol. The number of anilines is 2. The van der Waals surface area contributed by atoms with E-state index in [0.717, 1.165) is 43.2 Å². The molecule has 1 atom stereocenters. The fourth-order valence-electron chi connectivity index (χ4n) is 4.05. The van der Waals surface area contributed by atoms with Crippen molar-refractivity contribution >= 4 is 17.2 Å². The lowest BCUT2D eigenvalue weighted by atomic mass is 10.1. The van der Waals surface area contributed by atoms with E-state index in [0.29, 0.717) is 6.42 Å². The summed E-state index contributed by atoms with van der Waals surface area (Å²) in [7, 11) is 0. The number of rotatable bonds is 6. The van der Waals surface area contributed by atoms with E-state index in [1.54, 1.807) is 12.1 Å².